The number of aryl methyl sites for hydroxylation is 1. The van der Waals surface area contributed by atoms with E-state index in [0.29, 0.717) is 18.7 Å². The zero-order chi connectivity index (χ0) is 17.1. The molecule has 4 nitrogen and oxygen atoms in total. The van der Waals surface area contributed by atoms with Crippen molar-refractivity contribution >= 4 is 17.5 Å². The van der Waals surface area contributed by atoms with Gasteiger partial charge in [0.2, 0.25) is 12.1 Å². The summed E-state index contributed by atoms with van der Waals surface area (Å²) in [5, 5.41) is 0. The molecule has 2 aromatic carbocycles. The molecule has 1 atom stereocenters. The van der Waals surface area contributed by atoms with Gasteiger partial charge in [0.1, 0.15) is 6.54 Å². The quantitative estimate of drug-likeness (QED) is 0.870. The number of halogens is 1. The maximum Gasteiger partial charge on any atom is 0.262 e. The molecule has 0 aliphatic carbocycles. The lowest BCUT2D eigenvalue weighted by Gasteiger charge is -2.35. The predicted octanol–water partition coefficient (Wildman–Crippen LogP) is 2.88. The molecule has 1 heterocycles. The number of hydrogen-bond acceptors (Lipinski definition) is 2. The number of benzene rings is 2. The molecule has 24 heavy (non-hydrogen) atoms. The predicted molar refractivity (Wildman–Crippen MR) is 90.4 cm³/mol. The summed E-state index contributed by atoms with van der Waals surface area (Å²) in [6.45, 7) is 2.54. The topological polar surface area (TPSA) is 40.6 Å². The van der Waals surface area contributed by atoms with Gasteiger partial charge in [0, 0.05) is 18.8 Å². The Bertz CT molecular complexity index is 748. The lowest BCUT2D eigenvalue weighted by molar-refractivity contribution is -0.141. The van der Waals surface area contributed by atoms with Crippen LogP contribution in [0.25, 0.3) is 0 Å². The van der Waals surface area contributed by atoms with Crippen LogP contribution in [0.4, 0.5) is 10.1 Å². The van der Waals surface area contributed by atoms with Crippen LogP contribution in [0.3, 0.4) is 0 Å². The van der Waals surface area contributed by atoms with Crippen LogP contribution in [0.5, 0.6) is 0 Å². The average Bonchev–Trinajstić information content (AvgIpc) is 2.62. The van der Waals surface area contributed by atoms with Crippen LogP contribution in [0.2, 0.25) is 0 Å². The summed E-state index contributed by atoms with van der Waals surface area (Å²) >= 11 is 0. The molecule has 0 saturated carbocycles. The summed E-state index contributed by atoms with van der Waals surface area (Å²) in [7, 11) is 0. The first kappa shape index (κ1) is 16.2. The van der Waals surface area contributed by atoms with Crippen LogP contribution in [0, 0.1) is 6.92 Å². The van der Waals surface area contributed by atoms with Crippen molar-refractivity contribution in [2.75, 3.05) is 24.5 Å². The number of piperazine rings is 1. The van der Waals surface area contributed by atoms with Crippen molar-refractivity contribution in [2.24, 2.45) is 0 Å². The van der Waals surface area contributed by atoms with E-state index in [-0.39, 0.29) is 12.5 Å². The van der Waals surface area contributed by atoms with E-state index in [1.165, 1.54) is 4.90 Å². The minimum Gasteiger partial charge on any atom is -0.329 e. The van der Waals surface area contributed by atoms with Gasteiger partial charge in [-0.2, -0.15) is 0 Å². The summed E-state index contributed by atoms with van der Waals surface area (Å²) in [4.78, 5) is 27.7. The Balaban J connectivity index is 1.70. The fourth-order valence-corrected chi connectivity index (χ4v) is 2.91. The monoisotopic (exact) mass is 326 g/mol. The Hall–Kier alpha value is -2.69. The van der Waals surface area contributed by atoms with Gasteiger partial charge in [0.15, 0.2) is 0 Å². The molecular weight excluding hydrogens is 307 g/mol. The highest BCUT2D eigenvalue weighted by Gasteiger charge is 2.32. The van der Waals surface area contributed by atoms with Gasteiger partial charge in [0.05, 0.1) is 0 Å². The third kappa shape index (κ3) is 3.15. The summed E-state index contributed by atoms with van der Waals surface area (Å²) in [5.41, 5.74) is 2.16. The molecular formula is C19H19FN2O2. The van der Waals surface area contributed by atoms with Crippen molar-refractivity contribution < 1.29 is 14.0 Å². The second-order valence-corrected chi connectivity index (χ2v) is 5.86. The lowest BCUT2D eigenvalue weighted by Crippen LogP contribution is -2.53. The molecule has 1 saturated heterocycles. The third-order valence-corrected chi connectivity index (χ3v) is 4.25. The summed E-state index contributed by atoms with van der Waals surface area (Å²) < 4.78 is 14.4. The number of hydrogen-bond donors (Lipinski definition) is 0. The fraction of sp³-hybridized carbons (Fsp3) is 0.263. The Morgan fingerprint density at radius 2 is 1.71 bits per heavy atom. The number of anilines is 1. The van der Waals surface area contributed by atoms with Gasteiger partial charge in [-0.1, -0.05) is 48.5 Å². The molecule has 0 spiro atoms. The normalized spacial score (nSPS) is 16.2. The highest BCUT2D eigenvalue weighted by molar-refractivity contribution is 5.99. The number of nitrogens with zero attached hydrogens (tertiary/aromatic N) is 2. The van der Waals surface area contributed by atoms with Crippen LogP contribution in [0.15, 0.2) is 54.6 Å². The van der Waals surface area contributed by atoms with E-state index in [9.17, 15) is 14.0 Å². The molecule has 0 radical (unpaired) electrons. The standard InChI is InChI=1S/C19H19FN2O2/c1-14-7-5-6-10-16(14)22-12-11-21(13-17(22)23)19(24)18(20)15-8-3-2-4-9-15/h2-10,18H,11-13H2,1H3/t18-/m0/s1. The minimum absolute atomic E-state index is 0.0968. The van der Waals surface area contributed by atoms with Gasteiger partial charge >= 0.3 is 0 Å². The summed E-state index contributed by atoms with van der Waals surface area (Å²) in [6, 6.07) is 15.9. The van der Waals surface area contributed by atoms with E-state index in [1.807, 2.05) is 31.2 Å². The first-order valence-electron chi connectivity index (χ1n) is 7.91. The van der Waals surface area contributed by atoms with Crippen molar-refractivity contribution in [3.05, 3.63) is 65.7 Å². The molecule has 1 aliphatic rings. The van der Waals surface area contributed by atoms with Crippen LogP contribution in [-0.2, 0) is 9.59 Å². The van der Waals surface area contributed by atoms with Gasteiger partial charge in [-0.05, 0) is 24.1 Å². The summed E-state index contributed by atoms with van der Waals surface area (Å²) in [6.07, 6.45) is -1.73. The van der Waals surface area contributed by atoms with Gasteiger partial charge in [-0.25, -0.2) is 4.39 Å². The van der Waals surface area contributed by atoms with Crippen LogP contribution >= 0.6 is 0 Å². The Morgan fingerprint density at radius 1 is 1.04 bits per heavy atom. The van der Waals surface area contributed by atoms with E-state index in [0.717, 1.165) is 11.3 Å². The highest BCUT2D eigenvalue weighted by Crippen LogP contribution is 2.24. The van der Waals surface area contributed by atoms with Crippen LogP contribution < -0.4 is 4.90 Å². The van der Waals surface area contributed by atoms with Crippen molar-refractivity contribution in [3.8, 4) is 0 Å². The highest BCUT2D eigenvalue weighted by atomic mass is 19.1. The maximum absolute atomic E-state index is 14.4. The molecule has 5 heteroatoms. The number of carbonyl (C=O) groups is 2. The molecule has 0 aromatic heterocycles. The largest absolute Gasteiger partial charge is 0.329 e. The summed E-state index contributed by atoms with van der Waals surface area (Å²) in [5.74, 6) is -0.844. The molecule has 3 rings (SSSR count). The van der Waals surface area contributed by atoms with Crippen molar-refractivity contribution in [3.63, 3.8) is 0 Å². The molecule has 1 aliphatic heterocycles. The van der Waals surface area contributed by atoms with Crippen molar-refractivity contribution in [2.45, 2.75) is 13.1 Å². The van der Waals surface area contributed by atoms with E-state index in [1.54, 1.807) is 35.2 Å². The molecule has 0 unspecified atom stereocenters. The molecule has 0 N–H and O–H groups in total. The lowest BCUT2D eigenvalue weighted by atomic mass is 10.1. The fourth-order valence-electron chi connectivity index (χ4n) is 2.91. The first-order valence-corrected chi connectivity index (χ1v) is 7.91. The molecule has 0 bridgehead atoms. The van der Waals surface area contributed by atoms with Gasteiger partial charge in [0.25, 0.3) is 5.91 Å². The molecule has 2 amide bonds. The number of para-hydroxylation sites is 1. The molecule has 1 fully saturated rings. The first-order chi connectivity index (χ1) is 11.6. The Kier molecular flexibility index (Phi) is 4.60. The SMILES string of the molecule is Cc1ccccc1N1CCN(C(=O)[C@@H](F)c2ccccc2)CC1=O. The number of rotatable bonds is 3. The second-order valence-electron chi connectivity index (χ2n) is 5.86. The third-order valence-electron chi connectivity index (χ3n) is 4.25. The Morgan fingerprint density at radius 3 is 2.38 bits per heavy atom. The zero-order valence-corrected chi connectivity index (χ0v) is 13.5. The number of amides is 2. The molecule has 2 aromatic rings. The molecule has 124 valence electrons. The second kappa shape index (κ2) is 6.83. The maximum atomic E-state index is 14.4. The van der Waals surface area contributed by atoms with E-state index >= 15 is 0 Å². The number of carbonyl (C=O) groups excluding carboxylic acids is 2. The van der Waals surface area contributed by atoms with Gasteiger partial charge < -0.3 is 9.80 Å². The van der Waals surface area contributed by atoms with Crippen LogP contribution in [-0.4, -0.2) is 36.3 Å². The average molecular weight is 326 g/mol. The van der Waals surface area contributed by atoms with Crippen molar-refractivity contribution in [1.29, 1.82) is 0 Å². The van der Waals surface area contributed by atoms with E-state index < -0.39 is 12.1 Å². The smallest absolute Gasteiger partial charge is 0.262 e. The van der Waals surface area contributed by atoms with E-state index in [2.05, 4.69) is 0 Å². The van der Waals surface area contributed by atoms with E-state index in [4.69, 9.17) is 0 Å². The minimum atomic E-state index is -1.73. The van der Waals surface area contributed by atoms with Crippen LogP contribution in [0.1, 0.15) is 17.3 Å². The van der Waals surface area contributed by atoms with Crippen molar-refractivity contribution in [1.82, 2.24) is 4.90 Å². The zero-order valence-electron chi connectivity index (χ0n) is 13.5. The van der Waals surface area contributed by atoms with Gasteiger partial charge in [-0.15, -0.1) is 0 Å². The number of alkyl halides is 1. The van der Waals surface area contributed by atoms with Gasteiger partial charge in [-0.3, -0.25) is 9.59 Å². The Labute approximate surface area is 140 Å².